The number of para-hydroxylation sites is 1. The van der Waals surface area contributed by atoms with Gasteiger partial charge >= 0.3 is 0 Å². The van der Waals surface area contributed by atoms with Crippen LogP contribution in [-0.4, -0.2) is 9.97 Å². The minimum atomic E-state index is 0.814. The maximum Gasteiger partial charge on any atom is 0.0724 e. The summed E-state index contributed by atoms with van der Waals surface area (Å²) in [6, 6.07) is 17.2. The van der Waals surface area contributed by atoms with Crippen molar-refractivity contribution in [3.63, 3.8) is 0 Å². The van der Waals surface area contributed by atoms with E-state index < -0.39 is 0 Å². The monoisotopic (exact) mass is 311 g/mol. The molecule has 0 fully saturated rings. The Hall–Kier alpha value is -2.41. The smallest absolute Gasteiger partial charge is 0.0724 e. The molecule has 0 bridgehead atoms. The molecule has 0 unspecified atom stereocenters. The number of rotatable bonds is 6. The Morgan fingerprint density at radius 3 is 2.45 bits per heavy atom. The standard InChI is InChI=1S/C16H13N3O2S/c1-2-4-14(5-3-1)19-20-21-22-15-6-7-16(18-12-15)13-8-10-17-11-9-13/h1-12,19H. The van der Waals surface area contributed by atoms with E-state index in [4.69, 9.17) is 9.32 Å². The summed E-state index contributed by atoms with van der Waals surface area (Å²) in [7, 11) is 0. The SMILES string of the molecule is c1ccc(NOOSc2ccc(-c3ccncc3)nc2)cc1. The topological polar surface area (TPSA) is 56.3 Å². The second-order valence-corrected chi connectivity index (χ2v) is 5.09. The molecule has 0 spiro atoms. The van der Waals surface area contributed by atoms with Gasteiger partial charge in [-0.1, -0.05) is 18.2 Å². The second-order valence-electron chi connectivity index (χ2n) is 4.32. The largest absolute Gasteiger partial charge is 0.265 e. The lowest BCUT2D eigenvalue weighted by Gasteiger charge is -2.05. The number of hydrogen-bond acceptors (Lipinski definition) is 6. The summed E-state index contributed by atoms with van der Waals surface area (Å²) >= 11 is 1.08. The van der Waals surface area contributed by atoms with E-state index >= 15 is 0 Å². The Kier molecular flexibility index (Phi) is 4.99. The molecule has 1 N–H and O–H groups in total. The van der Waals surface area contributed by atoms with E-state index in [1.165, 1.54) is 0 Å². The number of pyridine rings is 2. The molecule has 6 heteroatoms. The predicted molar refractivity (Wildman–Crippen MR) is 85.6 cm³/mol. The van der Waals surface area contributed by atoms with E-state index in [0.29, 0.717) is 0 Å². The van der Waals surface area contributed by atoms with Crippen molar-refractivity contribution < 1.29 is 9.32 Å². The van der Waals surface area contributed by atoms with Gasteiger partial charge < -0.3 is 0 Å². The maximum atomic E-state index is 5.02. The van der Waals surface area contributed by atoms with E-state index in [0.717, 1.165) is 33.9 Å². The van der Waals surface area contributed by atoms with Gasteiger partial charge in [0, 0.05) is 24.2 Å². The van der Waals surface area contributed by atoms with Gasteiger partial charge in [-0.2, -0.15) is 0 Å². The van der Waals surface area contributed by atoms with Gasteiger partial charge in [0.05, 0.1) is 28.3 Å². The third-order valence-electron chi connectivity index (χ3n) is 2.81. The highest BCUT2D eigenvalue weighted by molar-refractivity contribution is 7.94. The van der Waals surface area contributed by atoms with Crippen LogP contribution in [0, 0.1) is 0 Å². The molecule has 1 aromatic carbocycles. The second kappa shape index (κ2) is 7.56. The van der Waals surface area contributed by atoms with Crippen molar-refractivity contribution in [3.8, 4) is 11.3 Å². The quantitative estimate of drug-likeness (QED) is 0.320. The highest BCUT2D eigenvalue weighted by atomic mass is 32.2. The van der Waals surface area contributed by atoms with Crippen molar-refractivity contribution in [2.24, 2.45) is 0 Å². The molecule has 3 rings (SSSR count). The molecule has 0 aliphatic rings. The lowest BCUT2D eigenvalue weighted by atomic mass is 10.2. The third-order valence-corrected chi connectivity index (χ3v) is 3.38. The minimum Gasteiger partial charge on any atom is -0.265 e. The highest BCUT2D eigenvalue weighted by Crippen LogP contribution is 2.22. The van der Waals surface area contributed by atoms with Gasteiger partial charge in [0.25, 0.3) is 0 Å². The average Bonchev–Trinajstić information content (AvgIpc) is 2.61. The van der Waals surface area contributed by atoms with Gasteiger partial charge in [-0.3, -0.25) is 9.97 Å². The van der Waals surface area contributed by atoms with Gasteiger partial charge in [0.2, 0.25) is 0 Å². The molecule has 0 aliphatic heterocycles. The lowest BCUT2D eigenvalue weighted by Crippen LogP contribution is -1.98. The van der Waals surface area contributed by atoms with Crippen LogP contribution in [0.15, 0.2) is 78.1 Å². The fraction of sp³-hybridized carbons (Fsp3) is 0. The molecule has 0 saturated heterocycles. The molecule has 2 heterocycles. The Morgan fingerprint density at radius 2 is 1.73 bits per heavy atom. The molecule has 0 atom stereocenters. The van der Waals surface area contributed by atoms with Crippen molar-refractivity contribution in [1.82, 2.24) is 9.97 Å². The first-order chi connectivity index (χ1) is 10.9. The molecular weight excluding hydrogens is 298 g/mol. The molecule has 0 amide bonds. The van der Waals surface area contributed by atoms with Crippen LogP contribution in [-0.2, 0) is 9.32 Å². The van der Waals surface area contributed by atoms with Crippen molar-refractivity contribution in [2.75, 3.05) is 5.48 Å². The Labute approximate surface area is 132 Å². The summed E-state index contributed by atoms with van der Waals surface area (Å²) in [4.78, 5) is 14.1. The number of nitrogens with one attached hydrogen (secondary N) is 1. The van der Waals surface area contributed by atoms with Gasteiger partial charge in [0.1, 0.15) is 0 Å². The molecule has 2 aromatic heterocycles. The molecule has 0 radical (unpaired) electrons. The molecule has 110 valence electrons. The Bertz CT molecular complexity index is 694. The molecule has 0 aliphatic carbocycles. The van der Waals surface area contributed by atoms with Crippen LogP contribution in [0.3, 0.4) is 0 Å². The molecule has 22 heavy (non-hydrogen) atoms. The first kappa shape index (κ1) is 14.5. The number of hydrogen-bond donors (Lipinski definition) is 1. The summed E-state index contributed by atoms with van der Waals surface area (Å²) in [5, 5.41) is 0. The Morgan fingerprint density at radius 1 is 0.909 bits per heavy atom. The van der Waals surface area contributed by atoms with Gasteiger partial charge in [-0.05, 0) is 36.4 Å². The first-order valence-electron chi connectivity index (χ1n) is 6.59. The van der Waals surface area contributed by atoms with Crippen LogP contribution < -0.4 is 5.48 Å². The molecule has 0 saturated carbocycles. The van der Waals surface area contributed by atoms with Crippen LogP contribution in [0.5, 0.6) is 0 Å². The van der Waals surface area contributed by atoms with E-state index in [1.807, 2.05) is 54.6 Å². The van der Waals surface area contributed by atoms with Crippen LogP contribution in [0.4, 0.5) is 5.69 Å². The Balaban J connectivity index is 1.49. The minimum absolute atomic E-state index is 0.814. The first-order valence-corrected chi connectivity index (χ1v) is 7.34. The zero-order chi connectivity index (χ0) is 15.0. The van der Waals surface area contributed by atoms with Crippen LogP contribution >= 0.6 is 12.0 Å². The zero-order valence-electron chi connectivity index (χ0n) is 11.5. The van der Waals surface area contributed by atoms with Crippen molar-refractivity contribution >= 4 is 17.7 Å². The van der Waals surface area contributed by atoms with Gasteiger partial charge in [-0.15, -0.1) is 9.32 Å². The van der Waals surface area contributed by atoms with Gasteiger partial charge in [-0.25, -0.2) is 5.48 Å². The average molecular weight is 311 g/mol. The lowest BCUT2D eigenvalue weighted by molar-refractivity contribution is -0.161. The van der Waals surface area contributed by atoms with Crippen LogP contribution in [0.1, 0.15) is 0 Å². The summed E-state index contributed by atoms with van der Waals surface area (Å²) in [6.07, 6.45) is 5.21. The van der Waals surface area contributed by atoms with Crippen LogP contribution in [0.2, 0.25) is 0 Å². The number of anilines is 1. The third kappa shape index (κ3) is 4.05. The molecule has 5 nitrogen and oxygen atoms in total. The fourth-order valence-corrected chi connectivity index (χ4v) is 2.12. The number of aromatic nitrogens is 2. The predicted octanol–water partition coefficient (Wildman–Crippen LogP) is 4.13. The van der Waals surface area contributed by atoms with Crippen molar-refractivity contribution in [3.05, 3.63) is 73.2 Å². The van der Waals surface area contributed by atoms with E-state index in [2.05, 4.69) is 15.4 Å². The summed E-state index contributed by atoms with van der Waals surface area (Å²) in [5.74, 6) is 0. The normalized spacial score (nSPS) is 10.4. The van der Waals surface area contributed by atoms with E-state index in [-0.39, 0.29) is 0 Å². The maximum absolute atomic E-state index is 5.02. The van der Waals surface area contributed by atoms with E-state index in [9.17, 15) is 0 Å². The number of benzene rings is 1. The highest BCUT2D eigenvalue weighted by Gasteiger charge is 2.01. The molecular formula is C16H13N3O2S. The van der Waals surface area contributed by atoms with Crippen LogP contribution in [0.25, 0.3) is 11.3 Å². The van der Waals surface area contributed by atoms with Gasteiger partial charge in [0.15, 0.2) is 0 Å². The van der Waals surface area contributed by atoms with Crippen molar-refractivity contribution in [1.29, 1.82) is 0 Å². The summed E-state index contributed by atoms with van der Waals surface area (Å²) in [6.45, 7) is 0. The van der Waals surface area contributed by atoms with Crippen molar-refractivity contribution in [2.45, 2.75) is 4.90 Å². The number of nitrogens with zero attached hydrogens (tertiary/aromatic N) is 2. The molecule has 3 aromatic rings. The summed E-state index contributed by atoms with van der Waals surface area (Å²) in [5.41, 5.74) is 5.40. The summed E-state index contributed by atoms with van der Waals surface area (Å²) < 4.78 is 5.02. The van der Waals surface area contributed by atoms with E-state index in [1.54, 1.807) is 18.6 Å². The fourth-order valence-electron chi connectivity index (χ4n) is 1.75. The zero-order valence-corrected chi connectivity index (χ0v) is 12.4.